The van der Waals surface area contributed by atoms with Gasteiger partial charge in [0.25, 0.3) is 0 Å². The molecule has 3 heterocycles. The fraction of sp³-hybridized carbons (Fsp3) is 0.0270. The van der Waals surface area contributed by atoms with E-state index in [1.807, 2.05) is 6.07 Å². The number of hydrogen-bond acceptors (Lipinski definition) is 4. The summed E-state index contributed by atoms with van der Waals surface area (Å²) >= 11 is 0. The second kappa shape index (κ2) is 17.5. The molecule has 5 heteroatoms. The molecule has 0 bridgehead atoms. The summed E-state index contributed by atoms with van der Waals surface area (Å²) in [5, 5.41) is 15.0. The number of para-hydroxylation sites is 6. The standard InChI is InChI=1S/C74H50N2O2Si/c1-79(2)70-37-19-29-58-63-45-61(48-38-40-50(41-39-48)75(49-22-7-4-8-23-49)66-33-17-30-59-55-27-12-15-35-68(55)77-73(59)66)53-25-9-10-26-54(53)62(63)46-64(72(58)70)57-43-42-51(44-71(57)79)76(65-32-14-11-24-52(65)47-20-5-3-6-21-47)67-34-18-31-60-56-28-13-16-36-69(56)78-74(60)67/h3-46H,1-2H3. The summed E-state index contributed by atoms with van der Waals surface area (Å²) in [5.41, 5.74) is 17.1. The third kappa shape index (κ3) is 6.93. The molecule has 0 saturated heterocycles. The fourth-order valence-corrected chi connectivity index (χ4v) is 16.2. The molecular formula is C74H50N2O2Si. The highest BCUT2D eigenvalue weighted by atomic mass is 28.3. The largest absolute Gasteiger partial charge is 0.454 e. The van der Waals surface area contributed by atoms with Gasteiger partial charge in [-0.3, -0.25) is 0 Å². The van der Waals surface area contributed by atoms with E-state index in [4.69, 9.17) is 8.83 Å². The first-order chi connectivity index (χ1) is 39.0. The van der Waals surface area contributed by atoms with E-state index in [9.17, 15) is 0 Å². The highest BCUT2D eigenvalue weighted by Crippen LogP contribution is 2.49. The quantitative estimate of drug-likeness (QED) is 0.112. The second-order valence-corrected chi connectivity index (χ2v) is 25.8. The maximum absolute atomic E-state index is 6.84. The van der Waals surface area contributed by atoms with Gasteiger partial charge in [0, 0.05) is 44.2 Å². The molecule has 13 aromatic carbocycles. The molecule has 0 fully saturated rings. The normalized spacial score (nSPS) is 12.8. The van der Waals surface area contributed by atoms with Crippen LogP contribution in [0.1, 0.15) is 0 Å². The Hall–Kier alpha value is -9.94. The number of nitrogens with zero attached hydrogens (tertiary/aromatic N) is 2. The van der Waals surface area contributed by atoms with Crippen molar-refractivity contribution in [3.63, 3.8) is 0 Å². The van der Waals surface area contributed by atoms with Gasteiger partial charge in [0.1, 0.15) is 19.2 Å². The summed E-state index contributed by atoms with van der Waals surface area (Å²) in [6.07, 6.45) is 0. The van der Waals surface area contributed by atoms with E-state index in [2.05, 4.69) is 284 Å². The van der Waals surface area contributed by atoms with Crippen molar-refractivity contribution < 1.29 is 8.83 Å². The van der Waals surface area contributed by atoms with Crippen LogP contribution in [0, 0.1) is 0 Å². The molecule has 15 aromatic rings. The Bertz CT molecular complexity index is 4940. The lowest BCUT2D eigenvalue weighted by Crippen LogP contribution is -2.56. The molecule has 16 rings (SSSR count). The molecule has 0 spiro atoms. The van der Waals surface area contributed by atoms with Crippen molar-refractivity contribution in [1.82, 2.24) is 0 Å². The number of fused-ring (bicyclic) bond motifs is 12. The molecule has 0 saturated carbocycles. The number of anilines is 6. The Morgan fingerprint density at radius 2 is 0.772 bits per heavy atom. The zero-order chi connectivity index (χ0) is 52.3. The first kappa shape index (κ1) is 45.3. The Morgan fingerprint density at radius 1 is 0.278 bits per heavy atom. The molecule has 0 N–H and O–H groups in total. The van der Waals surface area contributed by atoms with Crippen LogP contribution < -0.4 is 20.2 Å². The van der Waals surface area contributed by atoms with Gasteiger partial charge in [0.2, 0.25) is 0 Å². The minimum atomic E-state index is -2.38. The zero-order valence-electron chi connectivity index (χ0n) is 43.6. The van der Waals surface area contributed by atoms with Crippen molar-refractivity contribution in [3.8, 4) is 33.4 Å². The number of furan rings is 2. The van der Waals surface area contributed by atoms with Gasteiger partial charge in [0.15, 0.2) is 11.2 Å². The number of rotatable bonds is 8. The SMILES string of the molecule is C[Si]1(C)c2cc(N(c3ccccc3-c3ccccc3)c3cccc4c3oc3ccccc34)ccc2-c2cc3c4ccccc4c(-c4ccc(N(c5ccccc5)c5cccc6c5oc5ccccc56)cc4)cc3c3cccc1c23. The van der Waals surface area contributed by atoms with Gasteiger partial charge in [-0.1, -0.05) is 201 Å². The molecule has 0 unspecified atom stereocenters. The first-order valence-corrected chi connectivity index (χ1v) is 30.2. The third-order valence-electron chi connectivity index (χ3n) is 16.8. The molecule has 372 valence electrons. The highest BCUT2D eigenvalue weighted by Gasteiger charge is 2.37. The molecule has 1 aliphatic heterocycles. The van der Waals surface area contributed by atoms with Crippen LogP contribution in [0.5, 0.6) is 0 Å². The van der Waals surface area contributed by atoms with Crippen LogP contribution in [0.3, 0.4) is 0 Å². The van der Waals surface area contributed by atoms with Crippen LogP contribution >= 0.6 is 0 Å². The van der Waals surface area contributed by atoms with Gasteiger partial charge in [0.05, 0.1) is 17.1 Å². The molecule has 1 aliphatic rings. The van der Waals surface area contributed by atoms with Crippen molar-refractivity contribution in [2.24, 2.45) is 0 Å². The molecule has 0 atom stereocenters. The second-order valence-electron chi connectivity index (χ2n) is 21.5. The summed E-state index contributed by atoms with van der Waals surface area (Å²) < 4.78 is 13.5. The predicted octanol–water partition coefficient (Wildman–Crippen LogP) is 20.0. The van der Waals surface area contributed by atoms with Crippen molar-refractivity contribution >= 4 is 129 Å². The summed E-state index contributed by atoms with van der Waals surface area (Å²) in [6.45, 7) is 5.08. The number of benzene rings is 13. The Labute approximate surface area is 458 Å². The van der Waals surface area contributed by atoms with Crippen LogP contribution in [0.15, 0.2) is 276 Å². The Morgan fingerprint density at radius 3 is 1.48 bits per heavy atom. The van der Waals surface area contributed by atoms with Gasteiger partial charge >= 0.3 is 0 Å². The third-order valence-corrected chi connectivity index (χ3v) is 20.4. The van der Waals surface area contributed by atoms with Crippen molar-refractivity contribution in [1.29, 1.82) is 0 Å². The minimum absolute atomic E-state index is 0.869. The Kier molecular flexibility index (Phi) is 10.1. The lowest BCUT2D eigenvalue weighted by molar-refractivity contribution is 0.668. The summed E-state index contributed by atoms with van der Waals surface area (Å²) in [4.78, 5) is 4.76. The van der Waals surface area contributed by atoms with E-state index in [-0.39, 0.29) is 0 Å². The highest BCUT2D eigenvalue weighted by molar-refractivity contribution is 7.03. The van der Waals surface area contributed by atoms with Crippen molar-refractivity contribution in [2.45, 2.75) is 13.1 Å². The van der Waals surface area contributed by atoms with Gasteiger partial charge in [-0.15, -0.1) is 0 Å². The van der Waals surface area contributed by atoms with Gasteiger partial charge < -0.3 is 18.6 Å². The van der Waals surface area contributed by atoms with E-state index in [0.717, 1.165) is 89.1 Å². The molecule has 79 heavy (non-hydrogen) atoms. The average Bonchev–Trinajstić information content (AvgIpc) is 4.16. The van der Waals surface area contributed by atoms with E-state index < -0.39 is 8.07 Å². The lowest BCUT2D eigenvalue weighted by Gasteiger charge is -2.36. The van der Waals surface area contributed by atoms with E-state index in [1.54, 1.807) is 0 Å². The van der Waals surface area contributed by atoms with Crippen LogP contribution in [0.2, 0.25) is 13.1 Å². The van der Waals surface area contributed by atoms with E-state index in [0.29, 0.717) is 0 Å². The lowest BCUT2D eigenvalue weighted by atomic mass is 9.87. The van der Waals surface area contributed by atoms with Crippen molar-refractivity contribution in [3.05, 3.63) is 267 Å². The molecule has 2 aromatic heterocycles. The van der Waals surface area contributed by atoms with E-state index >= 15 is 0 Å². The summed E-state index contributed by atoms with van der Waals surface area (Å²) in [6, 6.07) is 97.3. The minimum Gasteiger partial charge on any atom is -0.454 e. The molecule has 4 nitrogen and oxygen atoms in total. The predicted molar refractivity (Wildman–Crippen MR) is 336 cm³/mol. The molecule has 0 radical (unpaired) electrons. The molecular weight excluding hydrogens is 977 g/mol. The maximum atomic E-state index is 6.84. The van der Waals surface area contributed by atoms with E-state index in [1.165, 1.54) is 64.9 Å². The van der Waals surface area contributed by atoms with Crippen LogP contribution in [0.4, 0.5) is 34.1 Å². The topological polar surface area (TPSA) is 32.8 Å². The van der Waals surface area contributed by atoms with Gasteiger partial charge in [-0.05, 0) is 149 Å². The van der Waals surface area contributed by atoms with Crippen LogP contribution in [-0.2, 0) is 0 Å². The smallest absolute Gasteiger partial charge is 0.159 e. The maximum Gasteiger partial charge on any atom is 0.159 e. The van der Waals surface area contributed by atoms with Crippen LogP contribution in [0.25, 0.3) is 110 Å². The van der Waals surface area contributed by atoms with Crippen molar-refractivity contribution in [2.75, 3.05) is 9.80 Å². The average molecular weight is 1030 g/mol. The zero-order valence-corrected chi connectivity index (χ0v) is 44.6. The fourth-order valence-electron chi connectivity index (χ4n) is 13.1. The monoisotopic (exact) mass is 1030 g/mol. The molecule has 0 amide bonds. The van der Waals surface area contributed by atoms with Crippen LogP contribution in [-0.4, -0.2) is 8.07 Å². The summed E-state index contributed by atoms with van der Waals surface area (Å²) in [7, 11) is -2.38. The molecule has 0 aliphatic carbocycles. The Balaban J connectivity index is 0.861. The first-order valence-electron chi connectivity index (χ1n) is 27.2. The van der Waals surface area contributed by atoms with Gasteiger partial charge in [-0.2, -0.15) is 0 Å². The van der Waals surface area contributed by atoms with Gasteiger partial charge in [-0.25, -0.2) is 0 Å². The number of hydrogen-bond donors (Lipinski definition) is 0. The summed E-state index contributed by atoms with van der Waals surface area (Å²) in [5.74, 6) is 0.